The topological polar surface area (TPSA) is 50.4 Å². The summed E-state index contributed by atoms with van der Waals surface area (Å²) in [6, 6.07) is 5.96. The summed E-state index contributed by atoms with van der Waals surface area (Å²) in [5, 5.41) is 10.0. The molecule has 0 aliphatic heterocycles. The molecule has 0 spiro atoms. The van der Waals surface area contributed by atoms with Gasteiger partial charge in [0.05, 0.1) is 6.42 Å². The number of carboxylic acid groups (broad SMARTS) is 1. The normalized spacial score (nSPS) is 12.0. The molecule has 1 N–H and O–H groups in total. The maximum atomic E-state index is 10.9. The molecular weight excluding hydrogens is 228 g/mol. The minimum absolute atomic E-state index is 0.108. The number of benzene rings is 1. The van der Waals surface area contributed by atoms with Gasteiger partial charge in [0, 0.05) is 10.8 Å². The van der Waals surface area contributed by atoms with Gasteiger partial charge in [0.1, 0.15) is 11.3 Å². The van der Waals surface area contributed by atoms with Crippen molar-refractivity contribution >= 4 is 16.9 Å². The second-order valence-electron chi connectivity index (χ2n) is 5.45. The van der Waals surface area contributed by atoms with Crippen LogP contribution in [0.1, 0.15) is 37.2 Å². The van der Waals surface area contributed by atoms with Crippen LogP contribution in [0.5, 0.6) is 0 Å². The molecule has 18 heavy (non-hydrogen) atoms. The van der Waals surface area contributed by atoms with Crippen LogP contribution in [0.25, 0.3) is 11.0 Å². The summed E-state index contributed by atoms with van der Waals surface area (Å²) in [6.07, 6.45) is 0.108. The van der Waals surface area contributed by atoms with Gasteiger partial charge in [-0.3, -0.25) is 4.79 Å². The van der Waals surface area contributed by atoms with Crippen LogP contribution in [0.4, 0.5) is 0 Å². The summed E-state index contributed by atoms with van der Waals surface area (Å²) in [7, 11) is 0. The van der Waals surface area contributed by atoms with Crippen molar-refractivity contribution < 1.29 is 14.3 Å². The molecule has 1 aromatic carbocycles. The number of hydrogen-bond donors (Lipinski definition) is 1. The standard InChI is InChI=1S/C15H18O3/c1-9-10(2)18-13-7-11(5-6-12(9)13)15(3,4)8-14(16)17/h5-7H,8H2,1-4H3,(H,16,17). The summed E-state index contributed by atoms with van der Waals surface area (Å²) >= 11 is 0. The number of furan rings is 1. The highest BCUT2D eigenvalue weighted by molar-refractivity contribution is 5.83. The lowest BCUT2D eigenvalue weighted by atomic mass is 9.81. The highest BCUT2D eigenvalue weighted by atomic mass is 16.4. The van der Waals surface area contributed by atoms with Crippen molar-refractivity contribution in [3.05, 3.63) is 35.1 Å². The van der Waals surface area contributed by atoms with E-state index in [2.05, 4.69) is 0 Å². The first-order chi connectivity index (χ1) is 8.31. The summed E-state index contributed by atoms with van der Waals surface area (Å²) in [4.78, 5) is 10.9. The third-order valence-corrected chi connectivity index (χ3v) is 3.55. The third kappa shape index (κ3) is 2.13. The number of carboxylic acids is 1. The summed E-state index contributed by atoms with van der Waals surface area (Å²) in [5.74, 6) is 0.130. The second-order valence-corrected chi connectivity index (χ2v) is 5.45. The van der Waals surface area contributed by atoms with Crippen LogP contribution in [0, 0.1) is 13.8 Å². The maximum absolute atomic E-state index is 10.9. The van der Waals surface area contributed by atoms with Crippen molar-refractivity contribution in [3.63, 3.8) is 0 Å². The van der Waals surface area contributed by atoms with Crippen LogP contribution in [-0.2, 0) is 10.2 Å². The van der Waals surface area contributed by atoms with Crippen LogP contribution >= 0.6 is 0 Å². The number of fused-ring (bicyclic) bond motifs is 1. The Hall–Kier alpha value is -1.77. The zero-order valence-corrected chi connectivity index (χ0v) is 11.2. The van der Waals surface area contributed by atoms with E-state index in [4.69, 9.17) is 9.52 Å². The Balaban J connectivity index is 2.50. The molecule has 0 bridgehead atoms. The lowest BCUT2D eigenvalue weighted by Gasteiger charge is -2.22. The molecule has 1 aromatic heterocycles. The van der Waals surface area contributed by atoms with Crippen molar-refractivity contribution in [1.82, 2.24) is 0 Å². The molecule has 0 fully saturated rings. The van der Waals surface area contributed by atoms with Gasteiger partial charge in [0.25, 0.3) is 0 Å². The molecule has 1 heterocycles. The minimum Gasteiger partial charge on any atom is -0.481 e. The molecular formula is C15H18O3. The van der Waals surface area contributed by atoms with Gasteiger partial charge in [-0.05, 0) is 31.0 Å². The highest BCUT2D eigenvalue weighted by Crippen LogP contribution is 2.32. The number of aryl methyl sites for hydroxylation is 2. The van der Waals surface area contributed by atoms with E-state index in [1.807, 2.05) is 45.9 Å². The van der Waals surface area contributed by atoms with E-state index in [0.717, 1.165) is 27.9 Å². The zero-order chi connectivity index (χ0) is 13.5. The monoisotopic (exact) mass is 246 g/mol. The fraction of sp³-hybridized carbons (Fsp3) is 0.400. The van der Waals surface area contributed by atoms with Gasteiger partial charge in [0.15, 0.2) is 0 Å². The summed E-state index contributed by atoms with van der Waals surface area (Å²) in [5.41, 5.74) is 2.58. The molecule has 0 aliphatic rings. The van der Waals surface area contributed by atoms with Gasteiger partial charge >= 0.3 is 5.97 Å². The number of aliphatic carboxylic acids is 1. The van der Waals surface area contributed by atoms with E-state index < -0.39 is 11.4 Å². The van der Waals surface area contributed by atoms with Gasteiger partial charge in [-0.15, -0.1) is 0 Å². The Morgan fingerprint density at radius 3 is 2.61 bits per heavy atom. The Morgan fingerprint density at radius 1 is 1.33 bits per heavy atom. The molecule has 2 aromatic rings. The Bertz CT molecular complexity index is 605. The fourth-order valence-corrected chi connectivity index (χ4v) is 2.25. The van der Waals surface area contributed by atoms with Crippen LogP contribution in [0.2, 0.25) is 0 Å². The maximum Gasteiger partial charge on any atom is 0.304 e. The third-order valence-electron chi connectivity index (χ3n) is 3.55. The smallest absolute Gasteiger partial charge is 0.304 e. The van der Waals surface area contributed by atoms with E-state index in [1.165, 1.54) is 0 Å². The molecule has 3 heteroatoms. The summed E-state index contributed by atoms with van der Waals surface area (Å²) < 4.78 is 5.69. The van der Waals surface area contributed by atoms with Gasteiger partial charge in [-0.25, -0.2) is 0 Å². The van der Waals surface area contributed by atoms with E-state index in [-0.39, 0.29) is 6.42 Å². The average molecular weight is 246 g/mol. The number of rotatable bonds is 3. The van der Waals surface area contributed by atoms with Crippen LogP contribution < -0.4 is 0 Å². The average Bonchev–Trinajstić information content (AvgIpc) is 2.52. The van der Waals surface area contributed by atoms with Crippen LogP contribution in [0.15, 0.2) is 22.6 Å². The molecule has 96 valence electrons. The second kappa shape index (κ2) is 4.16. The van der Waals surface area contributed by atoms with E-state index in [9.17, 15) is 4.79 Å². The van der Waals surface area contributed by atoms with E-state index in [1.54, 1.807) is 0 Å². The quantitative estimate of drug-likeness (QED) is 0.896. The molecule has 0 aliphatic carbocycles. The van der Waals surface area contributed by atoms with Gasteiger partial charge < -0.3 is 9.52 Å². The van der Waals surface area contributed by atoms with Crippen molar-refractivity contribution in [1.29, 1.82) is 0 Å². The lowest BCUT2D eigenvalue weighted by molar-refractivity contribution is -0.138. The number of carbonyl (C=O) groups is 1. The largest absolute Gasteiger partial charge is 0.481 e. The molecule has 0 atom stereocenters. The highest BCUT2D eigenvalue weighted by Gasteiger charge is 2.25. The first-order valence-corrected chi connectivity index (χ1v) is 6.03. The Kier molecular flexibility index (Phi) is 2.93. The Morgan fingerprint density at radius 2 is 2.00 bits per heavy atom. The van der Waals surface area contributed by atoms with Gasteiger partial charge in [0.2, 0.25) is 0 Å². The minimum atomic E-state index is -0.785. The first kappa shape index (κ1) is 12.7. The molecule has 0 unspecified atom stereocenters. The fourth-order valence-electron chi connectivity index (χ4n) is 2.25. The van der Waals surface area contributed by atoms with Gasteiger partial charge in [-0.1, -0.05) is 26.0 Å². The number of hydrogen-bond acceptors (Lipinski definition) is 2. The molecule has 2 rings (SSSR count). The zero-order valence-electron chi connectivity index (χ0n) is 11.2. The predicted molar refractivity (Wildman–Crippen MR) is 71.0 cm³/mol. The van der Waals surface area contributed by atoms with Crippen molar-refractivity contribution in [3.8, 4) is 0 Å². The molecule has 3 nitrogen and oxygen atoms in total. The predicted octanol–water partition coefficient (Wildman–Crippen LogP) is 3.80. The summed E-state index contributed by atoms with van der Waals surface area (Å²) in [6.45, 7) is 7.84. The van der Waals surface area contributed by atoms with E-state index >= 15 is 0 Å². The first-order valence-electron chi connectivity index (χ1n) is 6.03. The lowest BCUT2D eigenvalue weighted by Crippen LogP contribution is -2.21. The van der Waals surface area contributed by atoms with Crippen molar-refractivity contribution in [2.75, 3.05) is 0 Å². The van der Waals surface area contributed by atoms with Crippen molar-refractivity contribution in [2.45, 2.75) is 39.5 Å². The SMILES string of the molecule is Cc1oc2cc(C(C)(C)CC(=O)O)ccc2c1C. The molecule has 0 saturated heterocycles. The van der Waals surface area contributed by atoms with E-state index in [0.29, 0.717) is 0 Å². The van der Waals surface area contributed by atoms with Crippen molar-refractivity contribution in [2.24, 2.45) is 0 Å². The van der Waals surface area contributed by atoms with Gasteiger partial charge in [-0.2, -0.15) is 0 Å². The Labute approximate surface area is 106 Å². The molecule has 0 saturated carbocycles. The van der Waals surface area contributed by atoms with Crippen LogP contribution in [-0.4, -0.2) is 11.1 Å². The van der Waals surface area contributed by atoms with Crippen LogP contribution in [0.3, 0.4) is 0 Å². The molecule has 0 amide bonds. The molecule has 0 radical (unpaired) electrons.